The molecule has 0 unspecified atom stereocenters. The molecule has 4 aromatic rings. The second-order valence-electron chi connectivity index (χ2n) is 7.22. The summed E-state index contributed by atoms with van der Waals surface area (Å²) in [5.74, 6) is 0.588. The Bertz CT molecular complexity index is 1220. The van der Waals surface area contributed by atoms with E-state index in [-0.39, 0.29) is 5.91 Å². The van der Waals surface area contributed by atoms with Crippen LogP contribution in [-0.4, -0.2) is 62.9 Å². The van der Waals surface area contributed by atoms with Crippen molar-refractivity contribution < 1.29 is 9.53 Å². The Labute approximate surface area is 184 Å². The summed E-state index contributed by atoms with van der Waals surface area (Å²) in [5.41, 5.74) is 3.45. The molecule has 0 radical (unpaired) electrons. The summed E-state index contributed by atoms with van der Waals surface area (Å²) in [6.45, 7) is 2.40. The van der Waals surface area contributed by atoms with Crippen LogP contribution in [0.4, 0.5) is 0 Å². The van der Waals surface area contributed by atoms with Crippen LogP contribution < -0.4 is 0 Å². The van der Waals surface area contributed by atoms with Crippen molar-refractivity contribution in [2.75, 3.05) is 32.6 Å². The van der Waals surface area contributed by atoms with E-state index >= 15 is 0 Å². The van der Waals surface area contributed by atoms with E-state index in [9.17, 15) is 4.79 Å². The van der Waals surface area contributed by atoms with Crippen molar-refractivity contribution in [1.29, 1.82) is 0 Å². The maximum atomic E-state index is 13.0. The highest BCUT2D eigenvalue weighted by atomic mass is 32.2. The fraction of sp³-hybridized carbons (Fsp3) is 0.217. The molecule has 0 bridgehead atoms. The molecule has 1 aliphatic rings. The molecule has 1 fully saturated rings. The van der Waals surface area contributed by atoms with Crippen LogP contribution in [0.1, 0.15) is 10.4 Å². The fourth-order valence-corrected chi connectivity index (χ4v) is 4.34. The Morgan fingerprint density at radius 1 is 1.06 bits per heavy atom. The quantitative estimate of drug-likeness (QED) is 0.459. The van der Waals surface area contributed by atoms with Crippen LogP contribution in [0.5, 0.6) is 0 Å². The van der Waals surface area contributed by atoms with Gasteiger partial charge in [0.2, 0.25) is 5.95 Å². The molecule has 0 saturated carbocycles. The first kappa shape index (κ1) is 19.7. The lowest BCUT2D eigenvalue weighted by atomic mass is 10.1. The van der Waals surface area contributed by atoms with Gasteiger partial charge < -0.3 is 9.64 Å². The third-order valence-electron chi connectivity index (χ3n) is 5.38. The Balaban J connectivity index is 1.54. The minimum Gasteiger partial charge on any atom is -0.378 e. The SMILES string of the molecule is CSc1cn(-c2ncc(-c3cccnc3)cn2)c2cc(C(=O)N3CCOCC3)ccc12. The number of morpholine rings is 1. The Morgan fingerprint density at radius 3 is 2.58 bits per heavy atom. The highest BCUT2D eigenvalue weighted by Gasteiger charge is 2.20. The van der Waals surface area contributed by atoms with Gasteiger partial charge in [0.25, 0.3) is 5.91 Å². The smallest absolute Gasteiger partial charge is 0.254 e. The number of thioether (sulfide) groups is 1. The lowest BCUT2D eigenvalue weighted by molar-refractivity contribution is 0.0303. The summed E-state index contributed by atoms with van der Waals surface area (Å²) in [7, 11) is 0. The third-order valence-corrected chi connectivity index (χ3v) is 6.15. The number of carbonyl (C=O) groups excluding carboxylic acids is 1. The number of rotatable bonds is 4. The number of aromatic nitrogens is 4. The van der Waals surface area contributed by atoms with Crippen molar-refractivity contribution in [2.24, 2.45) is 0 Å². The molecule has 8 heteroatoms. The van der Waals surface area contributed by atoms with Gasteiger partial charge in [-0.2, -0.15) is 0 Å². The van der Waals surface area contributed by atoms with Crippen molar-refractivity contribution in [3.63, 3.8) is 0 Å². The van der Waals surface area contributed by atoms with E-state index in [1.807, 2.05) is 52.3 Å². The second-order valence-corrected chi connectivity index (χ2v) is 8.07. The summed E-state index contributed by atoms with van der Waals surface area (Å²) in [6, 6.07) is 9.71. The molecule has 0 aliphatic carbocycles. The van der Waals surface area contributed by atoms with Gasteiger partial charge in [-0.15, -0.1) is 11.8 Å². The van der Waals surface area contributed by atoms with Gasteiger partial charge in [-0.1, -0.05) is 12.1 Å². The van der Waals surface area contributed by atoms with Crippen molar-refractivity contribution in [1.82, 2.24) is 24.4 Å². The van der Waals surface area contributed by atoms with Gasteiger partial charge in [-0.3, -0.25) is 14.3 Å². The maximum Gasteiger partial charge on any atom is 0.254 e. The molecule has 7 nitrogen and oxygen atoms in total. The van der Waals surface area contributed by atoms with E-state index in [1.54, 1.807) is 36.5 Å². The van der Waals surface area contributed by atoms with E-state index in [0.717, 1.165) is 26.9 Å². The molecule has 1 saturated heterocycles. The first-order valence-corrected chi connectivity index (χ1v) is 11.3. The van der Waals surface area contributed by atoms with E-state index in [1.165, 1.54) is 0 Å². The van der Waals surface area contributed by atoms with Crippen LogP contribution in [0.2, 0.25) is 0 Å². The molecule has 5 rings (SSSR count). The molecule has 0 spiro atoms. The third kappa shape index (κ3) is 3.80. The van der Waals surface area contributed by atoms with Gasteiger partial charge in [-0.05, 0) is 24.5 Å². The molecule has 1 aromatic carbocycles. The molecule has 156 valence electrons. The highest BCUT2D eigenvalue weighted by Crippen LogP contribution is 2.31. The van der Waals surface area contributed by atoms with Gasteiger partial charge >= 0.3 is 0 Å². The maximum absolute atomic E-state index is 13.0. The molecule has 0 atom stereocenters. The lowest BCUT2D eigenvalue weighted by Crippen LogP contribution is -2.40. The zero-order valence-corrected chi connectivity index (χ0v) is 17.9. The van der Waals surface area contributed by atoms with E-state index in [0.29, 0.717) is 37.8 Å². The van der Waals surface area contributed by atoms with E-state index in [2.05, 4.69) is 15.0 Å². The zero-order valence-electron chi connectivity index (χ0n) is 17.1. The lowest BCUT2D eigenvalue weighted by Gasteiger charge is -2.26. The molecular weight excluding hydrogens is 410 g/mol. The van der Waals surface area contributed by atoms with Gasteiger partial charge in [0.05, 0.1) is 18.7 Å². The van der Waals surface area contributed by atoms with Gasteiger partial charge in [0, 0.05) is 71.0 Å². The topological polar surface area (TPSA) is 73.1 Å². The molecule has 0 N–H and O–H groups in total. The van der Waals surface area contributed by atoms with Gasteiger partial charge in [0.1, 0.15) is 0 Å². The van der Waals surface area contributed by atoms with Crippen LogP contribution in [-0.2, 0) is 4.74 Å². The Hall–Kier alpha value is -3.23. The fourth-order valence-electron chi connectivity index (χ4n) is 3.73. The average Bonchev–Trinajstić information content (AvgIpc) is 3.23. The van der Waals surface area contributed by atoms with Crippen LogP contribution >= 0.6 is 11.8 Å². The normalized spacial score (nSPS) is 14.2. The van der Waals surface area contributed by atoms with Crippen LogP contribution in [0, 0.1) is 0 Å². The number of ether oxygens (including phenoxy) is 1. The largest absolute Gasteiger partial charge is 0.378 e. The Kier molecular flexibility index (Phi) is 5.40. The van der Waals surface area contributed by atoms with Crippen LogP contribution in [0.15, 0.2) is 66.2 Å². The number of hydrogen-bond acceptors (Lipinski definition) is 6. The van der Waals surface area contributed by atoms with Crippen molar-refractivity contribution in [3.8, 4) is 17.1 Å². The first-order chi connectivity index (χ1) is 15.2. The highest BCUT2D eigenvalue weighted by molar-refractivity contribution is 7.98. The zero-order chi connectivity index (χ0) is 21.2. The summed E-state index contributed by atoms with van der Waals surface area (Å²) >= 11 is 1.66. The minimum atomic E-state index is 0.0245. The number of amides is 1. The van der Waals surface area contributed by atoms with Gasteiger partial charge in [0.15, 0.2) is 0 Å². The number of pyridine rings is 1. The molecular formula is C23H21N5O2S. The van der Waals surface area contributed by atoms with Crippen molar-refractivity contribution in [3.05, 3.63) is 66.9 Å². The van der Waals surface area contributed by atoms with Crippen molar-refractivity contribution >= 4 is 28.6 Å². The minimum absolute atomic E-state index is 0.0245. The number of fused-ring (bicyclic) bond motifs is 1. The van der Waals surface area contributed by atoms with E-state index in [4.69, 9.17) is 4.74 Å². The van der Waals surface area contributed by atoms with Crippen LogP contribution in [0.3, 0.4) is 0 Å². The first-order valence-electron chi connectivity index (χ1n) is 10.0. The van der Waals surface area contributed by atoms with Gasteiger partial charge in [-0.25, -0.2) is 9.97 Å². The number of carbonyl (C=O) groups is 1. The average molecular weight is 432 g/mol. The molecule has 1 amide bonds. The summed E-state index contributed by atoms with van der Waals surface area (Å²) in [4.78, 5) is 29.3. The molecule has 3 aromatic heterocycles. The molecule has 31 heavy (non-hydrogen) atoms. The number of nitrogens with zero attached hydrogens (tertiary/aromatic N) is 5. The summed E-state index contributed by atoms with van der Waals surface area (Å²) < 4.78 is 7.32. The van der Waals surface area contributed by atoms with E-state index < -0.39 is 0 Å². The number of hydrogen-bond donors (Lipinski definition) is 0. The van der Waals surface area contributed by atoms with Crippen LogP contribution in [0.25, 0.3) is 28.0 Å². The molecule has 1 aliphatic heterocycles. The second kappa shape index (κ2) is 8.49. The Morgan fingerprint density at radius 2 is 1.87 bits per heavy atom. The predicted molar refractivity (Wildman–Crippen MR) is 121 cm³/mol. The standard InChI is InChI=1S/C23H21N5O2S/c1-31-21-15-28(23-25-13-18(14-26-23)17-3-2-6-24-12-17)20-11-16(4-5-19(20)21)22(29)27-7-9-30-10-8-27/h2-6,11-15H,7-10H2,1H3. The molecule has 4 heterocycles. The monoisotopic (exact) mass is 431 g/mol. The summed E-state index contributed by atoms with van der Waals surface area (Å²) in [5, 5.41) is 1.07. The number of benzene rings is 1. The predicted octanol–water partition coefficient (Wildman–Crippen LogP) is 3.68. The van der Waals surface area contributed by atoms with Crippen molar-refractivity contribution in [2.45, 2.75) is 4.90 Å². The summed E-state index contributed by atoms with van der Waals surface area (Å²) in [6.07, 6.45) is 11.2.